The Morgan fingerprint density at radius 1 is 1.33 bits per heavy atom. The van der Waals surface area contributed by atoms with E-state index in [0.29, 0.717) is 29.0 Å². The standard InChI is InChI=1S/C19H20ClN3O/c20-18-7-2-8-22-19(18)24-14-17-6-3-9-23(13-17)12-16-5-1-4-15(10-16)11-21/h1-2,4-5,7-8,10,17H,3,6,9,12-14H2. The second-order valence-corrected chi connectivity index (χ2v) is 6.56. The number of likely N-dealkylation sites (tertiary alicyclic amines) is 1. The van der Waals surface area contributed by atoms with Gasteiger partial charge in [0.25, 0.3) is 0 Å². The molecule has 5 heteroatoms. The Morgan fingerprint density at radius 3 is 3.08 bits per heavy atom. The summed E-state index contributed by atoms with van der Waals surface area (Å²) in [5.74, 6) is 0.981. The Hall–Kier alpha value is -2.09. The molecule has 1 unspecified atom stereocenters. The molecule has 0 N–H and O–H groups in total. The summed E-state index contributed by atoms with van der Waals surface area (Å²) in [5.41, 5.74) is 1.90. The Balaban J connectivity index is 1.54. The van der Waals surface area contributed by atoms with Crippen LogP contribution in [-0.4, -0.2) is 29.6 Å². The fourth-order valence-electron chi connectivity index (χ4n) is 3.10. The Bertz CT molecular complexity index is 729. The van der Waals surface area contributed by atoms with E-state index in [1.807, 2.05) is 18.2 Å². The first kappa shape index (κ1) is 16.8. The molecular weight excluding hydrogens is 322 g/mol. The van der Waals surface area contributed by atoms with Gasteiger partial charge in [-0.05, 0) is 49.2 Å². The molecule has 0 spiro atoms. The third-order valence-corrected chi connectivity index (χ3v) is 4.53. The molecule has 24 heavy (non-hydrogen) atoms. The van der Waals surface area contributed by atoms with Gasteiger partial charge in [0.15, 0.2) is 0 Å². The van der Waals surface area contributed by atoms with Crippen molar-refractivity contribution in [3.63, 3.8) is 0 Å². The van der Waals surface area contributed by atoms with Gasteiger partial charge in [0.2, 0.25) is 5.88 Å². The number of nitrogens with zero attached hydrogens (tertiary/aromatic N) is 3. The van der Waals surface area contributed by atoms with Crippen molar-refractivity contribution in [2.45, 2.75) is 19.4 Å². The van der Waals surface area contributed by atoms with Crippen molar-refractivity contribution < 1.29 is 4.74 Å². The highest BCUT2D eigenvalue weighted by Crippen LogP contribution is 2.23. The summed E-state index contributed by atoms with van der Waals surface area (Å²) in [5, 5.41) is 9.57. The first-order valence-electron chi connectivity index (χ1n) is 8.19. The molecule has 1 atom stereocenters. The Labute approximate surface area is 147 Å². The van der Waals surface area contributed by atoms with E-state index in [1.54, 1.807) is 18.3 Å². The van der Waals surface area contributed by atoms with Crippen LogP contribution in [0.4, 0.5) is 0 Å². The van der Waals surface area contributed by atoms with Crippen molar-refractivity contribution >= 4 is 11.6 Å². The van der Waals surface area contributed by atoms with Gasteiger partial charge in [0.1, 0.15) is 5.02 Å². The van der Waals surface area contributed by atoms with Gasteiger partial charge in [-0.1, -0.05) is 23.7 Å². The molecule has 0 amide bonds. The SMILES string of the molecule is N#Cc1cccc(CN2CCCC(COc3ncccc3Cl)C2)c1. The number of benzene rings is 1. The average molecular weight is 342 g/mol. The van der Waals surface area contributed by atoms with Crippen LogP contribution >= 0.6 is 11.6 Å². The molecule has 0 bridgehead atoms. The molecule has 124 valence electrons. The smallest absolute Gasteiger partial charge is 0.232 e. The summed E-state index contributed by atoms with van der Waals surface area (Å²) in [6, 6.07) is 13.6. The Morgan fingerprint density at radius 2 is 2.25 bits per heavy atom. The average Bonchev–Trinajstić information content (AvgIpc) is 2.61. The maximum absolute atomic E-state index is 9.01. The lowest BCUT2D eigenvalue weighted by Crippen LogP contribution is -2.37. The van der Waals surface area contributed by atoms with Crippen LogP contribution in [0.25, 0.3) is 0 Å². The molecule has 1 aromatic carbocycles. The van der Waals surface area contributed by atoms with Crippen LogP contribution in [0, 0.1) is 17.2 Å². The van der Waals surface area contributed by atoms with E-state index < -0.39 is 0 Å². The molecule has 2 heterocycles. The van der Waals surface area contributed by atoms with Gasteiger partial charge in [0, 0.05) is 25.2 Å². The summed E-state index contributed by atoms with van der Waals surface area (Å²) < 4.78 is 5.80. The quantitative estimate of drug-likeness (QED) is 0.827. The molecule has 0 saturated carbocycles. The first-order valence-corrected chi connectivity index (χ1v) is 8.57. The zero-order valence-electron chi connectivity index (χ0n) is 13.5. The third kappa shape index (κ3) is 4.47. The molecule has 0 aliphatic carbocycles. The van der Waals surface area contributed by atoms with Crippen LogP contribution in [-0.2, 0) is 6.54 Å². The van der Waals surface area contributed by atoms with E-state index in [4.69, 9.17) is 21.6 Å². The van der Waals surface area contributed by atoms with Crippen LogP contribution < -0.4 is 4.74 Å². The van der Waals surface area contributed by atoms with Gasteiger partial charge in [-0.15, -0.1) is 0 Å². The van der Waals surface area contributed by atoms with Gasteiger partial charge in [-0.2, -0.15) is 5.26 Å². The molecule has 2 aromatic rings. The van der Waals surface area contributed by atoms with E-state index in [-0.39, 0.29) is 0 Å². The molecule has 1 aromatic heterocycles. The molecule has 0 radical (unpaired) electrons. The summed E-state index contributed by atoms with van der Waals surface area (Å²) in [4.78, 5) is 6.59. The van der Waals surface area contributed by atoms with Crippen molar-refractivity contribution in [2.75, 3.05) is 19.7 Å². The molecule has 4 nitrogen and oxygen atoms in total. The zero-order chi connectivity index (χ0) is 16.8. The minimum Gasteiger partial charge on any atom is -0.476 e. The second-order valence-electron chi connectivity index (χ2n) is 6.16. The number of halogens is 1. The highest BCUT2D eigenvalue weighted by Gasteiger charge is 2.21. The minimum absolute atomic E-state index is 0.468. The number of nitriles is 1. The number of hydrogen-bond donors (Lipinski definition) is 0. The van der Waals surface area contributed by atoms with Crippen molar-refractivity contribution in [3.8, 4) is 11.9 Å². The van der Waals surface area contributed by atoms with Crippen LogP contribution in [0.15, 0.2) is 42.6 Å². The number of pyridine rings is 1. The third-order valence-electron chi connectivity index (χ3n) is 4.25. The van der Waals surface area contributed by atoms with E-state index >= 15 is 0 Å². The molecular formula is C19H20ClN3O. The van der Waals surface area contributed by atoms with Crippen molar-refractivity contribution in [3.05, 3.63) is 58.7 Å². The van der Waals surface area contributed by atoms with Gasteiger partial charge < -0.3 is 4.74 Å². The van der Waals surface area contributed by atoms with Crippen LogP contribution in [0.1, 0.15) is 24.0 Å². The van der Waals surface area contributed by atoms with Gasteiger partial charge in [-0.3, -0.25) is 4.90 Å². The van der Waals surface area contributed by atoms with Crippen LogP contribution in [0.5, 0.6) is 5.88 Å². The topological polar surface area (TPSA) is 49.2 Å². The molecule has 1 fully saturated rings. The molecule has 3 rings (SSSR count). The largest absolute Gasteiger partial charge is 0.476 e. The fourth-order valence-corrected chi connectivity index (χ4v) is 3.28. The zero-order valence-corrected chi connectivity index (χ0v) is 14.2. The van der Waals surface area contributed by atoms with E-state index in [0.717, 1.165) is 32.5 Å². The predicted octanol–water partition coefficient (Wildman–Crippen LogP) is 3.90. The van der Waals surface area contributed by atoms with Gasteiger partial charge in [0.05, 0.1) is 18.2 Å². The number of rotatable bonds is 5. The number of ether oxygens (including phenoxy) is 1. The van der Waals surface area contributed by atoms with E-state index in [1.165, 1.54) is 5.56 Å². The van der Waals surface area contributed by atoms with E-state index in [2.05, 4.69) is 22.0 Å². The van der Waals surface area contributed by atoms with Gasteiger partial charge >= 0.3 is 0 Å². The lowest BCUT2D eigenvalue weighted by atomic mass is 9.98. The molecule has 1 aliphatic heterocycles. The summed E-state index contributed by atoms with van der Waals surface area (Å²) in [7, 11) is 0. The molecule has 1 saturated heterocycles. The lowest BCUT2D eigenvalue weighted by Gasteiger charge is -2.32. The number of hydrogen-bond acceptors (Lipinski definition) is 4. The number of aromatic nitrogens is 1. The van der Waals surface area contributed by atoms with E-state index in [9.17, 15) is 0 Å². The maximum Gasteiger partial charge on any atom is 0.232 e. The minimum atomic E-state index is 0.468. The highest BCUT2D eigenvalue weighted by atomic mass is 35.5. The normalized spacial score (nSPS) is 18.1. The van der Waals surface area contributed by atoms with Crippen LogP contribution in [0.3, 0.4) is 0 Å². The van der Waals surface area contributed by atoms with Crippen molar-refractivity contribution in [1.29, 1.82) is 5.26 Å². The lowest BCUT2D eigenvalue weighted by molar-refractivity contribution is 0.123. The predicted molar refractivity (Wildman–Crippen MR) is 93.9 cm³/mol. The summed E-state index contributed by atoms with van der Waals surface area (Å²) in [6.45, 7) is 3.57. The van der Waals surface area contributed by atoms with Gasteiger partial charge in [-0.25, -0.2) is 4.98 Å². The maximum atomic E-state index is 9.01. The highest BCUT2D eigenvalue weighted by molar-refractivity contribution is 6.31. The van der Waals surface area contributed by atoms with Crippen molar-refractivity contribution in [2.24, 2.45) is 5.92 Å². The number of piperidine rings is 1. The fraction of sp³-hybridized carbons (Fsp3) is 0.368. The summed E-state index contributed by atoms with van der Waals surface area (Å²) in [6.07, 6.45) is 4.00. The summed E-state index contributed by atoms with van der Waals surface area (Å²) >= 11 is 6.08. The monoisotopic (exact) mass is 341 g/mol. The Kier molecular flexibility index (Phi) is 5.68. The molecule has 1 aliphatic rings. The van der Waals surface area contributed by atoms with Crippen molar-refractivity contribution in [1.82, 2.24) is 9.88 Å². The first-order chi connectivity index (χ1) is 11.7. The van der Waals surface area contributed by atoms with Crippen LogP contribution in [0.2, 0.25) is 5.02 Å². The second kappa shape index (κ2) is 8.14.